The Hall–Kier alpha value is -2.41. The molecule has 4 aliphatic heterocycles. The van der Waals surface area contributed by atoms with E-state index in [4.69, 9.17) is 4.74 Å². The summed E-state index contributed by atoms with van der Waals surface area (Å²) in [6.45, 7) is 6.72. The number of nitrogens with one attached hydrogen (secondary N) is 1. The number of aromatic nitrogens is 3. The first kappa shape index (κ1) is 15.8. The number of anilines is 1. The van der Waals surface area contributed by atoms with E-state index in [-0.39, 0.29) is 5.91 Å². The highest BCUT2D eigenvalue weighted by Gasteiger charge is 2.47. The van der Waals surface area contributed by atoms with Crippen molar-refractivity contribution in [2.24, 2.45) is 0 Å². The largest absolute Gasteiger partial charge is 0.381 e. The van der Waals surface area contributed by atoms with Crippen LogP contribution in [0.3, 0.4) is 0 Å². The van der Waals surface area contributed by atoms with Crippen molar-refractivity contribution in [3.8, 4) is 0 Å². The molecule has 4 fully saturated rings. The van der Waals surface area contributed by atoms with Gasteiger partial charge in [0.1, 0.15) is 17.8 Å². The van der Waals surface area contributed by atoms with Gasteiger partial charge in [-0.1, -0.05) is 6.58 Å². The van der Waals surface area contributed by atoms with Gasteiger partial charge < -0.3 is 19.5 Å². The number of aromatic amines is 1. The zero-order valence-electron chi connectivity index (χ0n) is 14.7. The van der Waals surface area contributed by atoms with Crippen molar-refractivity contribution in [1.82, 2.24) is 19.9 Å². The van der Waals surface area contributed by atoms with Crippen LogP contribution in [0.4, 0.5) is 5.82 Å². The van der Waals surface area contributed by atoms with Crippen LogP contribution in [-0.4, -0.2) is 64.1 Å². The first-order valence-corrected chi connectivity index (χ1v) is 9.35. The van der Waals surface area contributed by atoms with E-state index in [1.807, 2.05) is 4.90 Å². The van der Waals surface area contributed by atoms with E-state index in [0.29, 0.717) is 18.0 Å². The second-order valence-corrected chi connectivity index (χ2v) is 7.45. The third-order valence-corrected chi connectivity index (χ3v) is 6.07. The lowest BCUT2D eigenvalue weighted by Crippen LogP contribution is -2.70. The van der Waals surface area contributed by atoms with E-state index in [2.05, 4.69) is 32.6 Å². The number of carbonyl (C=O) groups excluding carboxylic acids is 1. The maximum absolute atomic E-state index is 12.0. The lowest BCUT2D eigenvalue weighted by Gasteiger charge is -2.56. The summed E-state index contributed by atoms with van der Waals surface area (Å²) in [6, 6.07) is 0.654. The number of piperidine rings is 1. The minimum atomic E-state index is 0.0247. The Bertz CT molecular complexity index is 845. The Balaban J connectivity index is 1.49. The van der Waals surface area contributed by atoms with Gasteiger partial charge in [0.05, 0.1) is 17.5 Å². The molecule has 2 aromatic heterocycles. The van der Waals surface area contributed by atoms with Gasteiger partial charge in [0.15, 0.2) is 0 Å². The van der Waals surface area contributed by atoms with Gasteiger partial charge in [0.25, 0.3) is 0 Å². The molecule has 0 radical (unpaired) electrons. The highest BCUT2D eigenvalue weighted by Crippen LogP contribution is 2.42. The van der Waals surface area contributed by atoms with Crippen molar-refractivity contribution in [3.63, 3.8) is 0 Å². The summed E-state index contributed by atoms with van der Waals surface area (Å²) in [5, 5.41) is 1.15. The molecular weight excluding hydrogens is 330 g/mol. The molecule has 4 aliphatic rings. The summed E-state index contributed by atoms with van der Waals surface area (Å²) in [4.78, 5) is 28.7. The number of hydrogen-bond donors (Lipinski definition) is 1. The van der Waals surface area contributed by atoms with Crippen molar-refractivity contribution < 1.29 is 9.53 Å². The van der Waals surface area contributed by atoms with Crippen LogP contribution in [0.5, 0.6) is 0 Å². The number of rotatable bonds is 3. The van der Waals surface area contributed by atoms with E-state index in [1.165, 1.54) is 11.6 Å². The van der Waals surface area contributed by atoms with E-state index in [9.17, 15) is 4.79 Å². The summed E-state index contributed by atoms with van der Waals surface area (Å²) >= 11 is 0. The molecule has 26 heavy (non-hydrogen) atoms. The molecule has 6 heterocycles. The molecular formula is C19H23N5O2. The van der Waals surface area contributed by atoms with Gasteiger partial charge in [0.2, 0.25) is 5.91 Å². The van der Waals surface area contributed by atoms with Crippen LogP contribution in [0.15, 0.2) is 25.2 Å². The molecule has 7 nitrogen and oxygen atoms in total. The smallest absolute Gasteiger partial charge is 0.246 e. The minimum absolute atomic E-state index is 0.0247. The van der Waals surface area contributed by atoms with Crippen LogP contribution in [0, 0.1) is 0 Å². The molecule has 0 spiro atoms. The van der Waals surface area contributed by atoms with E-state index < -0.39 is 0 Å². The molecule has 0 aliphatic carbocycles. The predicted octanol–water partition coefficient (Wildman–Crippen LogP) is 1.83. The van der Waals surface area contributed by atoms with Gasteiger partial charge in [-0.25, -0.2) is 9.97 Å². The molecule has 2 atom stereocenters. The van der Waals surface area contributed by atoms with Gasteiger partial charge in [-0.15, -0.1) is 0 Å². The maximum Gasteiger partial charge on any atom is 0.246 e. The van der Waals surface area contributed by atoms with E-state index >= 15 is 0 Å². The van der Waals surface area contributed by atoms with Crippen LogP contribution < -0.4 is 4.90 Å². The molecule has 0 saturated carbocycles. The van der Waals surface area contributed by atoms with Gasteiger partial charge in [0, 0.05) is 32.5 Å². The second kappa shape index (κ2) is 6.09. The molecule has 1 amide bonds. The van der Waals surface area contributed by atoms with Crippen molar-refractivity contribution in [2.45, 2.75) is 37.3 Å². The van der Waals surface area contributed by atoms with Crippen molar-refractivity contribution in [3.05, 3.63) is 30.7 Å². The van der Waals surface area contributed by atoms with Crippen molar-refractivity contribution in [2.75, 3.05) is 31.2 Å². The van der Waals surface area contributed by atoms with Crippen LogP contribution in [0.1, 0.15) is 30.7 Å². The Morgan fingerprint density at radius 1 is 1.27 bits per heavy atom. The fraction of sp³-hybridized carbons (Fsp3) is 0.526. The Morgan fingerprint density at radius 2 is 2.04 bits per heavy atom. The number of amides is 1. The maximum atomic E-state index is 12.0. The first-order valence-electron chi connectivity index (χ1n) is 9.35. The molecule has 4 saturated heterocycles. The van der Waals surface area contributed by atoms with Crippen molar-refractivity contribution in [1.29, 1.82) is 0 Å². The van der Waals surface area contributed by atoms with Gasteiger partial charge in [-0.3, -0.25) is 4.79 Å². The summed E-state index contributed by atoms with van der Waals surface area (Å²) in [6.07, 6.45) is 8.34. The number of piperazine rings is 1. The second-order valence-electron chi connectivity index (χ2n) is 7.45. The predicted molar refractivity (Wildman–Crippen MR) is 98.1 cm³/mol. The minimum Gasteiger partial charge on any atom is -0.381 e. The Morgan fingerprint density at radius 3 is 2.77 bits per heavy atom. The average Bonchev–Trinajstić information content (AvgIpc) is 3.13. The van der Waals surface area contributed by atoms with Crippen molar-refractivity contribution >= 4 is 22.8 Å². The lowest BCUT2D eigenvalue weighted by atomic mass is 9.86. The molecule has 7 heteroatoms. The standard InChI is InChI=1S/C19H23N5O2/c1-2-16(25)23-9-13-7-14(10-23)24(13)19-17-15(12-3-5-26-6-4-12)8-20-18(17)21-11-22-19/h2,8,11-14H,1,3-7,9-10H2,(H,20,21,22). The summed E-state index contributed by atoms with van der Waals surface area (Å²) in [5.74, 6) is 1.53. The number of fused-ring (bicyclic) bond motifs is 3. The molecule has 1 N–H and O–H groups in total. The first-order chi connectivity index (χ1) is 12.8. The number of carbonyl (C=O) groups is 1. The fourth-order valence-electron chi connectivity index (χ4n) is 4.76. The number of hydrogen-bond acceptors (Lipinski definition) is 5. The van der Waals surface area contributed by atoms with Crippen LogP contribution in [0.25, 0.3) is 11.0 Å². The highest BCUT2D eigenvalue weighted by molar-refractivity contribution is 5.92. The SMILES string of the molecule is C=CC(=O)N1CC2CC(C1)N2c1ncnc2[nH]cc(C3CCOCC3)c12. The molecule has 2 unspecified atom stereocenters. The molecule has 0 aromatic carbocycles. The topological polar surface area (TPSA) is 74.4 Å². The zero-order chi connectivity index (χ0) is 17.7. The number of nitrogens with zero attached hydrogens (tertiary/aromatic N) is 4. The third-order valence-electron chi connectivity index (χ3n) is 6.07. The van der Waals surface area contributed by atoms with Crippen LogP contribution in [-0.2, 0) is 9.53 Å². The lowest BCUT2D eigenvalue weighted by molar-refractivity contribution is -0.128. The molecule has 6 rings (SSSR count). The van der Waals surface area contributed by atoms with Gasteiger partial charge in [-0.2, -0.15) is 0 Å². The number of ether oxygens (including phenoxy) is 1. The van der Waals surface area contributed by atoms with E-state index in [0.717, 1.165) is 62.4 Å². The summed E-state index contributed by atoms with van der Waals surface area (Å²) in [7, 11) is 0. The zero-order valence-corrected chi connectivity index (χ0v) is 14.7. The number of H-pyrrole nitrogens is 1. The Kier molecular flexibility index (Phi) is 3.70. The monoisotopic (exact) mass is 353 g/mol. The van der Waals surface area contributed by atoms with Gasteiger partial charge >= 0.3 is 0 Å². The molecule has 136 valence electrons. The molecule has 2 bridgehead atoms. The Labute approximate surface area is 152 Å². The normalized spacial score (nSPS) is 26.0. The fourth-order valence-corrected chi connectivity index (χ4v) is 4.76. The van der Waals surface area contributed by atoms with Gasteiger partial charge in [-0.05, 0) is 36.8 Å². The summed E-state index contributed by atoms with van der Waals surface area (Å²) in [5.41, 5.74) is 2.21. The van der Waals surface area contributed by atoms with E-state index in [1.54, 1.807) is 6.33 Å². The highest BCUT2D eigenvalue weighted by atomic mass is 16.5. The quantitative estimate of drug-likeness (QED) is 0.852. The summed E-state index contributed by atoms with van der Waals surface area (Å²) < 4.78 is 5.53. The molecule has 2 aromatic rings. The third kappa shape index (κ3) is 2.34. The van der Waals surface area contributed by atoms with Crippen LogP contribution >= 0.6 is 0 Å². The average molecular weight is 353 g/mol. The van der Waals surface area contributed by atoms with Crippen LogP contribution in [0.2, 0.25) is 0 Å².